The minimum absolute atomic E-state index is 0.171. The van der Waals surface area contributed by atoms with Gasteiger partial charge >= 0.3 is 5.97 Å². The number of rotatable bonds is 2. The van der Waals surface area contributed by atoms with Crippen molar-refractivity contribution in [3.8, 4) is 11.4 Å². The van der Waals surface area contributed by atoms with Gasteiger partial charge in [-0.15, -0.1) is 0 Å². The van der Waals surface area contributed by atoms with Crippen molar-refractivity contribution >= 4 is 38.7 Å². The molecule has 0 saturated heterocycles. The number of ether oxygens (including phenoxy) is 1. The molecular weight excluding hydrogens is 357 g/mol. The molecule has 28 heavy (non-hydrogen) atoms. The number of benzene rings is 2. The topological polar surface area (TPSA) is 67.9 Å². The normalized spacial score (nSPS) is 11.4. The van der Waals surface area contributed by atoms with Crippen LogP contribution in [0.2, 0.25) is 0 Å². The first kappa shape index (κ1) is 16.4. The molecule has 1 N–H and O–H groups in total. The molecular formula is C22H14FN3O2. The van der Waals surface area contributed by atoms with E-state index in [1.54, 1.807) is 12.1 Å². The van der Waals surface area contributed by atoms with Gasteiger partial charge in [0, 0.05) is 21.7 Å². The third-order valence-corrected chi connectivity index (χ3v) is 4.79. The lowest BCUT2D eigenvalue weighted by Gasteiger charge is -2.07. The molecule has 2 aromatic carbocycles. The summed E-state index contributed by atoms with van der Waals surface area (Å²) in [6.07, 6.45) is 0. The van der Waals surface area contributed by atoms with E-state index in [0.29, 0.717) is 22.4 Å². The smallest absolute Gasteiger partial charge is 0.356 e. The van der Waals surface area contributed by atoms with Crippen LogP contribution in [-0.2, 0) is 4.74 Å². The molecule has 136 valence electrons. The first-order valence-electron chi connectivity index (χ1n) is 8.70. The molecule has 3 aromatic heterocycles. The third-order valence-electron chi connectivity index (χ3n) is 4.79. The van der Waals surface area contributed by atoms with E-state index in [9.17, 15) is 9.18 Å². The van der Waals surface area contributed by atoms with Crippen LogP contribution in [0.5, 0.6) is 0 Å². The van der Waals surface area contributed by atoms with Gasteiger partial charge in [-0.2, -0.15) is 0 Å². The summed E-state index contributed by atoms with van der Waals surface area (Å²) in [7, 11) is 1.31. The number of aromatic amines is 1. The Balaban J connectivity index is 1.86. The van der Waals surface area contributed by atoms with Gasteiger partial charge in [0.15, 0.2) is 0 Å². The first-order valence-corrected chi connectivity index (χ1v) is 8.70. The summed E-state index contributed by atoms with van der Waals surface area (Å²) in [4.78, 5) is 24.6. The number of halogens is 1. The average Bonchev–Trinajstić information content (AvgIpc) is 3.09. The van der Waals surface area contributed by atoms with Gasteiger partial charge in [0.2, 0.25) is 0 Å². The third kappa shape index (κ3) is 2.50. The summed E-state index contributed by atoms with van der Waals surface area (Å²) in [5.74, 6) is -0.883. The molecule has 0 radical (unpaired) electrons. The molecule has 0 aliphatic heterocycles. The highest BCUT2D eigenvalue weighted by Crippen LogP contribution is 2.33. The Kier molecular flexibility index (Phi) is 3.58. The van der Waals surface area contributed by atoms with Crippen LogP contribution >= 0.6 is 0 Å². The predicted octanol–water partition coefficient (Wildman–Crippen LogP) is 4.86. The van der Waals surface area contributed by atoms with E-state index in [1.165, 1.54) is 19.2 Å². The van der Waals surface area contributed by atoms with Crippen LogP contribution in [0, 0.1) is 5.82 Å². The number of carbonyl (C=O) groups is 1. The van der Waals surface area contributed by atoms with Gasteiger partial charge in [0.25, 0.3) is 0 Å². The molecule has 0 fully saturated rings. The summed E-state index contributed by atoms with van der Waals surface area (Å²) in [5, 5.41) is 2.56. The second kappa shape index (κ2) is 6.13. The van der Waals surface area contributed by atoms with Crippen LogP contribution in [0.4, 0.5) is 4.39 Å². The van der Waals surface area contributed by atoms with Gasteiger partial charge in [-0.1, -0.05) is 24.3 Å². The van der Waals surface area contributed by atoms with Crippen molar-refractivity contribution in [2.45, 2.75) is 0 Å². The maximum absolute atomic E-state index is 13.7. The van der Waals surface area contributed by atoms with Crippen LogP contribution in [0.25, 0.3) is 44.1 Å². The van der Waals surface area contributed by atoms with E-state index < -0.39 is 5.97 Å². The molecule has 5 nitrogen and oxygen atoms in total. The number of para-hydroxylation sites is 1. The molecule has 0 unspecified atom stereocenters. The summed E-state index contributed by atoms with van der Waals surface area (Å²) >= 11 is 0. The highest BCUT2D eigenvalue weighted by atomic mass is 19.1. The Hall–Kier alpha value is -3.80. The van der Waals surface area contributed by atoms with Gasteiger partial charge in [-0.25, -0.2) is 19.2 Å². The largest absolute Gasteiger partial charge is 0.464 e. The standard InChI is InChI=1S/C22H14FN3O2/c1-28-22(27)19-11-15-14-8-7-13(23)10-18(14)25-20(15)21(26-19)17-9-6-12-4-2-3-5-16(12)24-17/h2-11,25H,1H3. The SMILES string of the molecule is COC(=O)c1cc2c([nH]c3cc(F)ccc32)c(-c2ccc3ccccc3n2)n1. The van der Waals surface area contributed by atoms with Crippen LogP contribution in [0.15, 0.2) is 60.7 Å². The summed E-state index contributed by atoms with van der Waals surface area (Å²) in [6.45, 7) is 0. The zero-order chi connectivity index (χ0) is 19.3. The van der Waals surface area contributed by atoms with Crippen molar-refractivity contribution in [2.75, 3.05) is 7.11 Å². The summed E-state index contributed by atoms with van der Waals surface area (Å²) in [6, 6.07) is 17.7. The molecule has 5 rings (SSSR count). The number of aromatic nitrogens is 3. The molecule has 0 atom stereocenters. The van der Waals surface area contributed by atoms with Crippen molar-refractivity contribution in [2.24, 2.45) is 0 Å². The van der Waals surface area contributed by atoms with Gasteiger partial charge in [-0.05, 0) is 36.4 Å². The Bertz CT molecular complexity index is 1390. The first-order chi connectivity index (χ1) is 13.6. The van der Waals surface area contributed by atoms with E-state index >= 15 is 0 Å². The molecule has 0 aliphatic carbocycles. The van der Waals surface area contributed by atoms with Crippen LogP contribution in [-0.4, -0.2) is 28.0 Å². The van der Waals surface area contributed by atoms with E-state index in [0.717, 1.165) is 21.7 Å². The number of hydrogen-bond acceptors (Lipinski definition) is 4. The fourth-order valence-corrected chi connectivity index (χ4v) is 3.47. The lowest BCUT2D eigenvalue weighted by Crippen LogP contribution is -2.05. The Morgan fingerprint density at radius 2 is 1.86 bits per heavy atom. The monoisotopic (exact) mass is 371 g/mol. The van der Waals surface area contributed by atoms with Crippen molar-refractivity contribution in [1.29, 1.82) is 0 Å². The van der Waals surface area contributed by atoms with Crippen molar-refractivity contribution in [1.82, 2.24) is 15.0 Å². The molecule has 6 heteroatoms. The Labute approximate surface area is 158 Å². The number of nitrogens with zero attached hydrogens (tertiary/aromatic N) is 2. The number of methoxy groups -OCH3 is 1. The fraction of sp³-hybridized carbons (Fsp3) is 0.0455. The fourth-order valence-electron chi connectivity index (χ4n) is 3.47. The van der Waals surface area contributed by atoms with Crippen molar-refractivity contribution in [3.05, 3.63) is 72.2 Å². The number of pyridine rings is 2. The molecule has 0 bridgehead atoms. The highest BCUT2D eigenvalue weighted by molar-refractivity contribution is 6.12. The number of hydrogen-bond donors (Lipinski definition) is 1. The molecule has 0 aliphatic rings. The minimum atomic E-state index is -0.541. The van der Waals surface area contributed by atoms with E-state index in [4.69, 9.17) is 9.72 Å². The number of H-pyrrole nitrogens is 1. The maximum Gasteiger partial charge on any atom is 0.356 e. The maximum atomic E-state index is 13.7. The molecule has 0 saturated carbocycles. The molecule has 0 amide bonds. The second-order valence-electron chi connectivity index (χ2n) is 6.47. The van der Waals surface area contributed by atoms with Gasteiger partial charge in [-0.3, -0.25) is 0 Å². The lowest BCUT2D eigenvalue weighted by molar-refractivity contribution is 0.0594. The minimum Gasteiger partial charge on any atom is -0.464 e. The van der Waals surface area contributed by atoms with Crippen molar-refractivity contribution in [3.63, 3.8) is 0 Å². The highest BCUT2D eigenvalue weighted by Gasteiger charge is 2.18. The molecule has 0 spiro atoms. The zero-order valence-corrected chi connectivity index (χ0v) is 14.9. The zero-order valence-electron chi connectivity index (χ0n) is 14.9. The van der Waals surface area contributed by atoms with E-state index in [2.05, 4.69) is 9.97 Å². The predicted molar refractivity (Wildman–Crippen MR) is 106 cm³/mol. The van der Waals surface area contributed by atoms with Crippen molar-refractivity contribution < 1.29 is 13.9 Å². The number of carbonyl (C=O) groups excluding carboxylic acids is 1. The summed E-state index contributed by atoms with van der Waals surface area (Å²) < 4.78 is 18.6. The number of esters is 1. The van der Waals surface area contributed by atoms with Gasteiger partial charge in [0.05, 0.1) is 23.8 Å². The molecule has 3 heterocycles. The lowest BCUT2D eigenvalue weighted by atomic mass is 10.1. The average molecular weight is 371 g/mol. The molecule has 5 aromatic rings. The van der Waals surface area contributed by atoms with Gasteiger partial charge < -0.3 is 9.72 Å². The number of fused-ring (bicyclic) bond motifs is 4. The summed E-state index contributed by atoms with van der Waals surface area (Å²) in [5.41, 5.74) is 3.43. The van der Waals surface area contributed by atoms with Crippen LogP contribution in [0.3, 0.4) is 0 Å². The second-order valence-corrected chi connectivity index (χ2v) is 6.47. The van der Waals surface area contributed by atoms with Crippen LogP contribution in [0.1, 0.15) is 10.5 Å². The van der Waals surface area contributed by atoms with E-state index in [-0.39, 0.29) is 11.5 Å². The number of nitrogens with one attached hydrogen (secondary N) is 1. The Morgan fingerprint density at radius 3 is 2.71 bits per heavy atom. The van der Waals surface area contributed by atoms with Gasteiger partial charge in [0.1, 0.15) is 17.2 Å². The Morgan fingerprint density at radius 1 is 1.00 bits per heavy atom. The van der Waals surface area contributed by atoms with E-state index in [1.807, 2.05) is 36.4 Å². The quantitative estimate of drug-likeness (QED) is 0.450. The van der Waals surface area contributed by atoms with Crippen LogP contribution < -0.4 is 0 Å².